The van der Waals surface area contributed by atoms with Crippen molar-refractivity contribution in [2.45, 2.75) is 39.4 Å². The van der Waals surface area contributed by atoms with Crippen molar-refractivity contribution in [1.82, 2.24) is 0 Å². The minimum absolute atomic E-state index is 0.324. The highest BCUT2D eigenvalue weighted by Gasteiger charge is 2.30. The van der Waals surface area contributed by atoms with E-state index in [-0.39, 0.29) is 0 Å². The first-order valence-electron chi connectivity index (χ1n) is 4.01. The number of rotatable bonds is 1. The van der Waals surface area contributed by atoms with Crippen molar-refractivity contribution in [1.29, 1.82) is 0 Å². The third-order valence-corrected chi connectivity index (χ3v) is 2.45. The van der Waals surface area contributed by atoms with Crippen LogP contribution in [0.3, 0.4) is 0 Å². The minimum atomic E-state index is 0.324. The lowest BCUT2D eigenvalue weighted by Gasteiger charge is -2.06. The van der Waals surface area contributed by atoms with Crippen LogP contribution in [0.25, 0.3) is 0 Å². The smallest absolute Gasteiger partial charge is 0.0787 e. The van der Waals surface area contributed by atoms with Gasteiger partial charge in [-0.05, 0) is 18.9 Å². The number of hydrogen-bond donors (Lipinski definition) is 0. The largest absolute Gasteiger partial charge is 0.370 e. The normalized spacial score (nSPS) is 40.7. The molecule has 0 aliphatic carbocycles. The van der Waals surface area contributed by atoms with Gasteiger partial charge in [0.2, 0.25) is 0 Å². The molecule has 10 heavy (non-hydrogen) atoms. The second-order valence-corrected chi connectivity index (χ2v) is 3.10. The Bertz CT molecular complexity index is 140. The van der Waals surface area contributed by atoms with Crippen LogP contribution in [0.15, 0.2) is 12.2 Å². The predicted molar refractivity (Wildman–Crippen MR) is 42.9 cm³/mol. The molecule has 1 fully saturated rings. The lowest BCUT2D eigenvalue weighted by Crippen LogP contribution is -2.08. The van der Waals surface area contributed by atoms with Gasteiger partial charge in [-0.15, -0.1) is 0 Å². The molecule has 0 N–H and O–H groups in total. The number of ether oxygens (including phenoxy) is 1. The van der Waals surface area contributed by atoms with E-state index in [1.807, 2.05) is 0 Å². The van der Waals surface area contributed by atoms with Crippen molar-refractivity contribution in [2.24, 2.45) is 5.92 Å². The van der Waals surface area contributed by atoms with E-state index < -0.39 is 0 Å². The van der Waals surface area contributed by atoms with Crippen LogP contribution >= 0.6 is 0 Å². The second-order valence-electron chi connectivity index (χ2n) is 3.10. The molecule has 1 rings (SSSR count). The van der Waals surface area contributed by atoms with Crippen molar-refractivity contribution in [2.75, 3.05) is 0 Å². The third-order valence-electron chi connectivity index (χ3n) is 2.45. The molecule has 1 saturated heterocycles. The molecule has 0 aromatic heterocycles. The van der Waals surface area contributed by atoms with E-state index >= 15 is 0 Å². The zero-order valence-electron chi connectivity index (χ0n) is 7.05. The summed E-state index contributed by atoms with van der Waals surface area (Å²) in [6, 6.07) is 0. The maximum Gasteiger partial charge on any atom is 0.0787 e. The topological polar surface area (TPSA) is 9.23 Å². The van der Waals surface area contributed by atoms with Crippen molar-refractivity contribution in [3.05, 3.63) is 12.2 Å². The monoisotopic (exact) mass is 140 g/mol. The van der Waals surface area contributed by atoms with Crippen molar-refractivity contribution >= 4 is 0 Å². The first-order chi connectivity index (χ1) is 4.66. The Hall–Kier alpha value is -0.300. The molecule has 0 radical (unpaired) electrons. The van der Waals surface area contributed by atoms with Crippen LogP contribution in [0.1, 0.15) is 27.2 Å². The molecule has 1 heteroatoms. The molecule has 3 atom stereocenters. The minimum Gasteiger partial charge on any atom is -0.370 e. The first-order valence-corrected chi connectivity index (χ1v) is 4.01. The van der Waals surface area contributed by atoms with E-state index in [1.54, 1.807) is 0 Å². The summed E-state index contributed by atoms with van der Waals surface area (Å²) in [6.07, 6.45) is 1.76. The van der Waals surface area contributed by atoms with E-state index in [1.165, 1.54) is 5.57 Å². The van der Waals surface area contributed by atoms with Gasteiger partial charge >= 0.3 is 0 Å². The molecule has 0 aromatic carbocycles. The third kappa shape index (κ3) is 1.10. The fourth-order valence-electron chi connectivity index (χ4n) is 1.42. The Labute approximate surface area is 63.1 Å². The molecule has 0 bridgehead atoms. The van der Waals surface area contributed by atoms with Gasteiger partial charge in [0.15, 0.2) is 0 Å². The highest BCUT2D eigenvalue weighted by atomic mass is 16.5. The van der Waals surface area contributed by atoms with Crippen LogP contribution in [-0.2, 0) is 4.74 Å². The Morgan fingerprint density at radius 2 is 2.10 bits per heavy atom. The standard InChI is InChI=1S/C9H16O/c1-5-9-7(3)6(2)8(4)10-9/h6,8-9H,3,5H2,1-2,4H3. The SMILES string of the molecule is C=C1C(CC)OC(C)C1C. The van der Waals surface area contributed by atoms with Gasteiger partial charge < -0.3 is 4.74 Å². The average Bonchev–Trinajstić information content (AvgIpc) is 2.17. The Balaban J connectivity index is 2.62. The molecule has 1 heterocycles. The quantitative estimate of drug-likeness (QED) is 0.508. The maximum atomic E-state index is 5.64. The van der Waals surface area contributed by atoms with Gasteiger partial charge in [0.25, 0.3) is 0 Å². The van der Waals surface area contributed by atoms with Gasteiger partial charge in [-0.3, -0.25) is 0 Å². The van der Waals surface area contributed by atoms with Gasteiger partial charge in [-0.1, -0.05) is 20.4 Å². The van der Waals surface area contributed by atoms with Crippen molar-refractivity contribution in [3.63, 3.8) is 0 Å². The molecule has 3 unspecified atom stereocenters. The summed E-state index contributed by atoms with van der Waals surface area (Å²) in [5.41, 5.74) is 1.27. The van der Waals surface area contributed by atoms with Crippen LogP contribution in [-0.4, -0.2) is 12.2 Å². The summed E-state index contributed by atoms with van der Waals surface area (Å²) < 4.78 is 5.64. The summed E-state index contributed by atoms with van der Waals surface area (Å²) in [7, 11) is 0. The van der Waals surface area contributed by atoms with E-state index in [0.29, 0.717) is 18.1 Å². The van der Waals surface area contributed by atoms with Crippen LogP contribution in [0, 0.1) is 5.92 Å². The summed E-state index contributed by atoms with van der Waals surface area (Å²) in [5.74, 6) is 0.546. The summed E-state index contributed by atoms with van der Waals surface area (Å²) >= 11 is 0. The van der Waals surface area contributed by atoms with Crippen LogP contribution < -0.4 is 0 Å². The Morgan fingerprint density at radius 3 is 2.30 bits per heavy atom. The molecule has 0 aromatic rings. The summed E-state index contributed by atoms with van der Waals surface area (Å²) in [5, 5.41) is 0. The molecule has 58 valence electrons. The van der Waals surface area contributed by atoms with E-state index in [9.17, 15) is 0 Å². The van der Waals surface area contributed by atoms with Gasteiger partial charge in [0.1, 0.15) is 0 Å². The zero-order chi connectivity index (χ0) is 7.72. The van der Waals surface area contributed by atoms with E-state index in [2.05, 4.69) is 27.4 Å². The fraction of sp³-hybridized carbons (Fsp3) is 0.778. The van der Waals surface area contributed by atoms with Crippen LogP contribution in [0.2, 0.25) is 0 Å². The molecule has 0 amide bonds. The van der Waals surface area contributed by atoms with E-state index in [4.69, 9.17) is 4.74 Å². The maximum absolute atomic E-state index is 5.64. The predicted octanol–water partition coefficient (Wildman–Crippen LogP) is 2.38. The van der Waals surface area contributed by atoms with Gasteiger partial charge in [-0.2, -0.15) is 0 Å². The van der Waals surface area contributed by atoms with Gasteiger partial charge in [-0.25, -0.2) is 0 Å². The van der Waals surface area contributed by atoms with E-state index in [0.717, 1.165) is 6.42 Å². The molecule has 1 aliphatic heterocycles. The van der Waals surface area contributed by atoms with Gasteiger partial charge in [0.05, 0.1) is 12.2 Å². The second kappa shape index (κ2) is 2.75. The van der Waals surface area contributed by atoms with Crippen LogP contribution in [0.5, 0.6) is 0 Å². The number of hydrogen-bond acceptors (Lipinski definition) is 1. The molecular weight excluding hydrogens is 124 g/mol. The molecule has 1 nitrogen and oxygen atoms in total. The molecule has 1 aliphatic rings. The molecule has 0 spiro atoms. The molecular formula is C9H16O. The first kappa shape index (κ1) is 7.80. The highest BCUT2D eigenvalue weighted by Crippen LogP contribution is 2.31. The van der Waals surface area contributed by atoms with Crippen molar-refractivity contribution in [3.8, 4) is 0 Å². The van der Waals surface area contributed by atoms with Crippen molar-refractivity contribution < 1.29 is 4.74 Å². The van der Waals surface area contributed by atoms with Crippen LogP contribution in [0.4, 0.5) is 0 Å². The lowest BCUT2D eigenvalue weighted by atomic mass is 9.97. The Morgan fingerprint density at radius 1 is 1.50 bits per heavy atom. The average molecular weight is 140 g/mol. The lowest BCUT2D eigenvalue weighted by molar-refractivity contribution is 0.0508. The Kier molecular flexibility index (Phi) is 2.14. The fourth-order valence-corrected chi connectivity index (χ4v) is 1.42. The highest BCUT2D eigenvalue weighted by molar-refractivity contribution is 5.12. The molecule has 0 saturated carbocycles. The summed E-state index contributed by atoms with van der Waals surface area (Å²) in [6.45, 7) is 10.5. The zero-order valence-corrected chi connectivity index (χ0v) is 7.05. The summed E-state index contributed by atoms with van der Waals surface area (Å²) in [4.78, 5) is 0. The van der Waals surface area contributed by atoms with Gasteiger partial charge in [0, 0.05) is 5.92 Å².